The number of hydrogen-bond donors (Lipinski definition) is 2. The Kier molecular flexibility index (Phi) is 5.07. The summed E-state index contributed by atoms with van der Waals surface area (Å²) in [5.41, 5.74) is -0.177. The molecule has 24 heavy (non-hydrogen) atoms. The van der Waals surface area contributed by atoms with Crippen LogP contribution in [0, 0.1) is 5.92 Å². The number of halogens is 1. The number of hydrogen-bond acceptors (Lipinski definition) is 3. The Balaban J connectivity index is 1.55. The minimum atomic E-state index is -1.02. The first kappa shape index (κ1) is 16.8. The van der Waals surface area contributed by atoms with Gasteiger partial charge < -0.3 is 15.2 Å². The Morgan fingerprint density at radius 3 is 2.46 bits per heavy atom. The van der Waals surface area contributed by atoms with E-state index in [0.717, 1.165) is 18.4 Å². The SMILES string of the molecule is O=C(COc1ccc(Cl)cc1)NCC(O)(c1ccccc1)C1CC1. The lowest BCUT2D eigenvalue weighted by Crippen LogP contribution is -2.43. The molecule has 2 N–H and O–H groups in total. The molecule has 1 aliphatic rings. The molecular weight excluding hydrogens is 326 g/mol. The molecule has 0 aromatic heterocycles. The molecule has 5 heteroatoms. The number of ether oxygens (including phenoxy) is 1. The summed E-state index contributed by atoms with van der Waals surface area (Å²) < 4.78 is 5.42. The molecule has 0 spiro atoms. The van der Waals surface area contributed by atoms with Crippen molar-refractivity contribution >= 4 is 17.5 Å². The number of carbonyl (C=O) groups is 1. The summed E-state index contributed by atoms with van der Waals surface area (Å²) in [6, 6.07) is 16.3. The van der Waals surface area contributed by atoms with E-state index >= 15 is 0 Å². The van der Waals surface area contributed by atoms with Gasteiger partial charge >= 0.3 is 0 Å². The van der Waals surface area contributed by atoms with E-state index in [1.807, 2.05) is 30.3 Å². The van der Waals surface area contributed by atoms with Gasteiger partial charge in [-0.25, -0.2) is 0 Å². The summed E-state index contributed by atoms with van der Waals surface area (Å²) in [5, 5.41) is 14.4. The fraction of sp³-hybridized carbons (Fsp3) is 0.316. The molecule has 0 radical (unpaired) electrons. The largest absolute Gasteiger partial charge is 0.484 e. The lowest BCUT2D eigenvalue weighted by Gasteiger charge is -2.29. The van der Waals surface area contributed by atoms with Crippen LogP contribution in [0.4, 0.5) is 0 Å². The van der Waals surface area contributed by atoms with E-state index in [2.05, 4.69) is 5.32 Å². The third-order valence-electron chi connectivity index (χ3n) is 4.27. The van der Waals surface area contributed by atoms with Gasteiger partial charge in [0, 0.05) is 5.02 Å². The zero-order valence-electron chi connectivity index (χ0n) is 13.2. The molecule has 0 heterocycles. The third kappa shape index (κ3) is 4.08. The number of rotatable bonds is 7. The van der Waals surface area contributed by atoms with Crippen LogP contribution in [0.2, 0.25) is 5.02 Å². The van der Waals surface area contributed by atoms with Crippen molar-refractivity contribution in [2.75, 3.05) is 13.2 Å². The average molecular weight is 346 g/mol. The monoisotopic (exact) mass is 345 g/mol. The van der Waals surface area contributed by atoms with Crippen LogP contribution in [0.3, 0.4) is 0 Å². The van der Waals surface area contributed by atoms with Crippen LogP contribution in [-0.4, -0.2) is 24.2 Å². The van der Waals surface area contributed by atoms with E-state index in [-0.39, 0.29) is 25.0 Å². The first-order valence-electron chi connectivity index (χ1n) is 8.01. The van der Waals surface area contributed by atoms with E-state index in [9.17, 15) is 9.90 Å². The van der Waals surface area contributed by atoms with Crippen molar-refractivity contribution < 1.29 is 14.6 Å². The van der Waals surface area contributed by atoms with Gasteiger partial charge in [0.05, 0.1) is 6.54 Å². The van der Waals surface area contributed by atoms with Crippen molar-refractivity contribution in [1.82, 2.24) is 5.32 Å². The molecule has 1 unspecified atom stereocenters. The lowest BCUT2D eigenvalue weighted by molar-refractivity contribution is -0.124. The summed E-state index contributed by atoms with van der Waals surface area (Å²) in [4.78, 5) is 12.0. The van der Waals surface area contributed by atoms with E-state index in [1.165, 1.54) is 0 Å². The van der Waals surface area contributed by atoms with E-state index in [4.69, 9.17) is 16.3 Å². The summed E-state index contributed by atoms with van der Waals surface area (Å²) >= 11 is 5.81. The van der Waals surface area contributed by atoms with Crippen molar-refractivity contribution in [2.24, 2.45) is 5.92 Å². The Morgan fingerprint density at radius 2 is 1.83 bits per heavy atom. The molecule has 1 amide bonds. The third-order valence-corrected chi connectivity index (χ3v) is 4.52. The Bertz CT molecular complexity index is 686. The van der Waals surface area contributed by atoms with Crippen LogP contribution in [0.25, 0.3) is 0 Å². The van der Waals surface area contributed by atoms with Crippen molar-refractivity contribution in [3.63, 3.8) is 0 Å². The minimum absolute atomic E-state index is 0.100. The van der Waals surface area contributed by atoms with E-state index in [0.29, 0.717) is 10.8 Å². The van der Waals surface area contributed by atoms with Gasteiger partial charge in [-0.15, -0.1) is 0 Å². The zero-order valence-corrected chi connectivity index (χ0v) is 14.0. The number of aliphatic hydroxyl groups is 1. The summed E-state index contributed by atoms with van der Waals surface area (Å²) in [6.45, 7) is 0.0850. The molecule has 3 rings (SSSR count). The van der Waals surface area contributed by atoms with E-state index in [1.54, 1.807) is 24.3 Å². The highest BCUT2D eigenvalue weighted by Crippen LogP contribution is 2.45. The summed E-state index contributed by atoms with van der Waals surface area (Å²) in [7, 11) is 0. The van der Waals surface area contributed by atoms with Crippen LogP contribution >= 0.6 is 11.6 Å². The van der Waals surface area contributed by atoms with Gasteiger partial charge in [-0.2, -0.15) is 0 Å². The van der Waals surface area contributed by atoms with Crippen LogP contribution in [0.15, 0.2) is 54.6 Å². The molecule has 0 saturated heterocycles. The predicted molar refractivity (Wildman–Crippen MR) is 93.0 cm³/mol. The molecule has 0 bridgehead atoms. The predicted octanol–water partition coefficient (Wildman–Crippen LogP) is 3.13. The van der Waals surface area contributed by atoms with Crippen LogP contribution in [-0.2, 0) is 10.4 Å². The Morgan fingerprint density at radius 1 is 1.17 bits per heavy atom. The van der Waals surface area contributed by atoms with Crippen molar-refractivity contribution in [2.45, 2.75) is 18.4 Å². The molecular formula is C19H20ClNO3. The van der Waals surface area contributed by atoms with Crippen LogP contribution in [0.5, 0.6) is 5.75 Å². The smallest absolute Gasteiger partial charge is 0.258 e. The summed E-state index contributed by atoms with van der Waals surface area (Å²) in [5.74, 6) is 0.507. The number of benzene rings is 2. The molecule has 2 aromatic carbocycles. The maximum absolute atomic E-state index is 12.0. The second-order valence-electron chi connectivity index (χ2n) is 6.08. The van der Waals surface area contributed by atoms with Gasteiger partial charge in [-0.3, -0.25) is 4.79 Å². The molecule has 1 aliphatic carbocycles. The highest BCUT2D eigenvalue weighted by molar-refractivity contribution is 6.30. The number of amides is 1. The van der Waals surface area contributed by atoms with Crippen molar-refractivity contribution in [1.29, 1.82) is 0 Å². The van der Waals surface area contributed by atoms with E-state index < -0.39 is 5.60 Å². The molecule has 2 aromatic rings. The minimum Gasteiger partial charge on any atom is -0.484 e. The quantitative estimate of drug-likeness (QED) is 0.810. The highest BCUT2D eigenvalue weighted by atomic mass is 35.5. The molecule has 1 fully saturated rings. The lowest BCUT2D eigenvalue weighted by atomic mass is 9.88. The average Bonchev–Trinajstić information content (AvgIpc) is 3.45. The standard InChI is InChI=1S/C19H20ClNO3/c20-16-8-10-17(11-9-16)24-12-18(22)21-13-19(23,15-6-7-15)14-4-2-1-3-5-14/h1-5,8-11,15,23H,6-7,12-13H2,(H,21,22). The van der Waals surface area contributed by atoms with Crippen LogP contribution in [0.1, 0.15) is 18.4 Å². The maximum Gasteiger partial charge on any atom is 0.258 e. The fourth-order valence-electron chi connectivity index (χ4n) is 2.73. The normalized spacial score (nSPS) is 16.2. The molecule has 1 atom stereocenters. The number of nitrogens with one attached hydrogen (secondary N) is 1. The first-order chi connectivity index (χ1) is 11.6. The Hall–Kier alpha value is -2.04. The summed E-state index contributed by atoms with van der Waals surface area (Å²) in [6.07, 6.45) is 1.95. The topological polar surface area (TPSA) is 58.6 Å². The van der Waals surface area contributed by atoms with Gasteiger partial charge in [0.25, 0.3) is 5.91 Å². The van der Waals surface area contributed by atoms with Gasteiger partial charge in [0.15, 0.2) is 6.61 Å². The first-order valence-corrected chi connectivity index (χ1v) is 8.39. The van der Waals surface area contributed by atoms with Gasteiger partial charge in [-0.1, -0.05) is 41.9 Å². The maximum atomic E-state index is 12.0. The second kappa shape index (κ2) is 7.24. The van der Waals surface area contributed by atoms with Crippen LogP contribution < -0.4 is 10.1 Å². The highest BCUT2D eigenvalue weighted by Gasteiger charge is 2.45. The van der Waals surface area contributed by atoms with Gasteiger partial charge in [-0.05, 0) is 48.6 Å². The second-order valence-corrected chi connectivity index (χ2v) is 6.52. The fourth-order valence-corrected chi connectivity index (χ4v) is 2.86. The van der Waals surface area contributed by atoms with Crippen molar-refractivity contribution in [3.8, 4) is 5.75 Å². The molecule has 126 valence electrons. The molecule has 1 saturated carbocycles. The van der Waals surface area contributed by atoms with Crippen molar-refractivity contribution in [3.05, 3.63) is 65.2 Å². The molecule has 4 nitrogen and oxygen atoms in total. The zero-order chi connectivity index (χ0) is 17.0. The Labute approximate surface area is 146 Å². The van der Waals surface area contributed by atoms with Gasteiger partial charge in [0.2, 0.25) is 0 Å². The molecule has 0 aliphatic heterocycles. The number of carbonyl (C=O) groups excluding carboxylic acids is 1. The van der Waals surface area contributed by atoms with Gasteiger partial charge in [0.1, 0.15) is 11.4 Å².